The number of benzene rings is 1. The average Bonchev–Trinajstić information content (AvgIpc) is 3.59. The highest BCUT2D eigenvalue weighted by atomic mass is 19.1. The molecule has 6 rings (SSSR count). The van der Waals surface area contributed by atoms with Crippen molar-refractivity contribution in [3.63, 3.8) is 0 Å². The number of rotatable bonds is 3. The Morgan fingerprint density at radius 2 is 1.80 bits per heavy atom. The lowest BCUT2D eigenvalue weighted by molar-refractivity contribution is 0.122. The molecule has 1 saturated carbocycles. The van der Waals surface area contributed by atoms with Gasteiger partial charge in [0.15, 0.2) is 5.65 Å². The van der Waals surface area contributed by atoms with Crippen molar-refractivity contribution in [2.45, 2.75) is 39.7 Å². The third-order valence-corrected chi connectivity index (χ3v) is 5.44. The van der Waals surface area contributed by atoms with Gasteiger partial charge in [0, 0.05) is 43.3 Å². The van der Waals surface area contributed by atoms with Crippen LogP contribution in [0.15, 0.2) is 42.9 Å². The monoisotopic (exact) mass is 481 g/mol. The first-order chi connectivity index (χ1) is 17.1. The molecule has 8 nitrogen and oxygen atoms in total. The first-order valence-corrected chi connectivity index (χ1v) is 11.9. The Bertz CT molecular complexity index is 1260. The highest BCUT2D eigenvalue weighted by Crippen LogP contribution is 2.33. The minimum Gasteiger partial charge on any atom is -0.378 e. The van der Waals surface area contributed by atoms with Crippen LogP contribution < -0.4 is 4.90 Å². The van der Waals surface area contributed by atoms with Crippen LogP contribution in [0.4, 0.5) is 14.7 Å². The quantitative estimate of drug-likeness (QED) is 0.417. The Balaban J connectivity index is 0.000000240. The molecular formula is C25H29F2N7O. The molecule has 35 heavy (non-hydrogen) atoms. The van der Waals surface area contributed by atoms with Crippen LogP contribution in [0.25, 0.3) is 22.4 Å². The van der Waals surface area contributed by atoms with E-state index in [1.54, 1.807) is 13.1 Å². The molecule has 4 aromatic rings. The van der Waals surface area contributed by atoms with Gasteiger partial charge in [-0.2, -0.15) is 10.1 Å². The average molecular weight is 482 g/mol. The van der Waals surface area contributed by atoms with E-state index >= 15 is 0 Å². The van der Waals surface area contributed by atoms with Crippen molar-refractivity contribution in [2.75, 3.05) is 31.2 Å². The number of halogens is 2. The summed E-state index contributed by atoms with van der Waals surface area (Å²) in [6, 6.07) is 6.10. The summed E-state index contributed by atoms with van der Waals surface area (Å²) in [5.41, 5.74) is 1.94. The van der Waals surface area contributed by atoms with Crippen LogP contribution in [0.1, 0.15) is 38.4 Å². The highest BCUT2D eigenvalue weighted by Gasteiger charge is 2.23. The van der Waals surface area contributed by atoms with Crippen molar-refractivity contribution in [1.82, 2.24) is 29.7 Å². The summed E-state index contributed by atoms with van der Waals surface area (Å²) < 4.78 is 35.0. The molecule has 2 fully saturated rings. The summed E-state index contributed by atoms with van der Waals surface area (Å²) in [6.07, 6.45) is 8.07. The largest absolute Gasteiger partial charge is 0.378 e. The van der Waals surface area contributed by atoms with Crippen LogP contribution in [-0.2, 0) is 4.74 Å². The normalized spacial score (nSPS) is 15.2. The number of morpholine rings is 1. The van der Waals surface area contributed by atoms with Gasteiger partial charge in [0.2, 0.25) is 5.95 Å². The minimum absolute atomic E-state index is 0.168. The summed E-state index contributed by atoms with van der Waals surface area (Å²) >= 11 is 0. The zero-order chi connectivity index (χ0) is 24.8. The second-order valence-corrected chi connectivity index (χ2v) is 8.00. The summed E-state index contributed by atoms with van der Waals surface area (Å²) in [5.74, 6) is -0.903. The number of ether oxygens (including phenoxy) is 1. The van der Waals surface area contributed by atoms with E-state index in [4.69, 9.17) is 4.74 Å². The molecule has 1 saturated heterocycles. The predicted molar refractivity (Wildman–Crippen MR) is 130 cm³/mol. The van der Waals surface area contributed by atoms with E-state index in [0.29, 0.717) is 54.8 Å². The standard InChI is InChI=1S/C17H15F2N5O.C6H8N2.C2H6/c1-10-9-20-15-14(12-3-2-11(18)8-13(12)19)22-17(23-16(15)21-10)24-4-6-25-7-5-24;1-4-7-8(5-1)6-2-3-6;1-2/h2-3,8-9H,4-7H2,1H3;1,4-6H,2-3H2;1-2H3. The van der Waals surface area contributed by atoms with Crippen LogP contribution in [-0.4, -0.2) is 56.0 Å². The molecule has 0 atom stereocenters. The van der Waals surface area contributed by atoms with E-state index in [1.165, 1.54) is 25.0 Å². The Kier molecular flexibility index (Phi) is 7.91. The van der Waals surface area contributed by atoms with E-state index in [-0.39, 0.29) is 5.56 Å². The maximum absolute atomic E-state index is 14.3. The number of aryl methyl sites for hydroxylation is 1. The molecule has 0 N–H and O–H groups in total. The van der Waals surface area contributed by atoms with E-state index in [1.807, 2.05) is 41.9 Å². The van der Waals surface area contributed by atoms with Crippen molar-refractivity contribution in [3.8, 4) is 11.3 Å². The van der Waals surface area contributed by atoms with Crippen LogP contribution in [0.2, 0.25) is 0 Å². The van der Waals surface area contributed by atoms with E-state index in [0.717, 1.165) is 12.1 Å². The Morgan fingerprint density at radius 3 is 2.46 bits per heavy atom. The van der Waals surface area contributed by atoms with Gasteiger partial charge in [-0.25, -0.2) is 23.7 Å². The lowest BCUT2D eigenvalue weighted by Crippen LogP contribution is -2.37. The summed E-state index contributed by atoms with van der Waals surface area (Å²) in [6.45, 7) is 8.22. The van der Waals surface area contributed by atoms with Gasteiger partial charge in [-0.1, -0.05) is 13.8 Å². The first-order valence-electron chi connectivity index (χ1n) is 11.9. The maximum atomic E-state index is 14.3. The Morgan fingerprint density at radius 1 is 1.03 bits per heavy atom. The fourth-order valence-corrected chi connectivity index (χ4v) is 3.59. The lowest BCUT2D eigenvalue weighted by Gasteiger charge is -2.27. The second kappa shape index (κ2) is 11.3. The van der Waals surface area contributed by atoms with Crippen molar-refractivity contribution in [2.24, 2.45) is 0 Å². The van der Waals surface area contributed by atoms with Gasteiger partial charge >= 0.3 is 0 Å². The van der Waals surface area contributed by atoms with Crippen molar-refractivity contribution < 1.29 is 13.5 Å². The molecule has 10 heteroatoms. The molecular weight excluding hydrogens is 452 g/mol. The van der Waals surface area contributed by atoms with Gasteiger partial charge in [0.05, 0.1) is 24.9 Å². The van der Waals surface area contributed by atoms with Crippen molar-refractivity contribution in [1.29, 1.82) is 0 Å². The molecule has 4 heterocycles. The molecule has 0 unspecified atom stereocenters. The van der Waals surface area contributed by atoms with Crippen LogP contribution in [0.3, 0.4) is 0 Å². The van der Waals surface area contributed by atoms with Gasteiger partial charge in [-0.3, -0.25) is 4.68 Å². The number of hydrogen-bond acceptors (Lipinski definition) is 7. The molecule has 1 aliphatic carbocycles. The van der Waals surface area contributed by atoms with Crippen molar-refractivity contribution in [3.05, 3.63) is 60.2 Å². The molecule has 0 bridgehead atoms. The predicted octanol–water partition coefficient (Wildman–Crippen LogP) is 4.75. The highest BCUT2D eigenvalue weighted by molar-refractivity contribution is 5.88. The number of nitrogens with zero attached hydrogens (tertiary/aromatic N) is 7. The van der Waals surface area contributed by atoms with Crippen molar-refractivity contribution >= 4 is 17.1 Å². The third kappa shape index (κ3) is 5.94. The smallest absolute Gasteiger partial charge is 0.228 e. The molecule has 2 aliphatic rings. The van der Waals surface area contributed by atoms with E-state index in [2.05, 4.69) is 25.0 Å². The van der Waals surface area contributed by atoms with Gasteiger partial charge in [-0.05, 0) is 38.0 Å². The SMILES string of the molecule is CC.Cc1cnc2c(-c3ccc(F)cc3F)nc(N3CCOCC3)nc2n1.c1cnn(C2CC2)c1. The molecule has 0 radical (unpaired) electrons. The third-order valence-electron chi connectivity index (χ3n) is 5.44. The van der Waals surface area contributed by atoms with Gasteiger partial charge in [0.25, 0.3) is 0 Å². The zero-order valence-corrected chi connectivity index (χ0v) is 20.2. The Hall–Kier alpha value is -3.53. The van der Waals surface area contributed by atoms with Crippen LogP contribution in [0.5, 0.6) is 0 Å². The zero-order valence-electron chi connectivity index (χ0n) is 20.2. The van der Waals surface area contributed by atoms with Crippen LogP contribution >= 0.6 is 0 Å². The molecule has 0 spiro atoms. The topological polar surface area (TPSA) is 81.8 Å². The number of hydrogen-bond donors (Lipinski definition) is 0. The Labute approximate surface area is 203 Å². The van der Waals surface area contributed by atoms with Gasteiger partial charge in [-0.15, -0.1) is 0 Å². The number of anilines is 1. The molecule has 3 aromatic heterocycles. The van der Waals surface area contributed by atoms with E-state index < -0.39 is 11.6 Å². The summed E-state index contributed by atoms with van der Waals surface area (Å²) in [4.78, 5) is 19.7. The maximum Gasteiger partial charge on any atom is 0.228 e. The molecule has 1 aromatic carbocycles. The van der Waals surface area contributed by atoms with Gasteiger partial charge in [0.1, 0.15) is 22.8 Å². The first kappa shape index (κ1) is 24.6. The summed E-state index contributed by atoms with van der Waals surface area (Å²) in [7, 11) is 0. The fourth-order valence-electron chi connectivity index (χ4n) is 3.59. The second-order valence-electron chi connectivity index (χ2n) is 8.00. The number of aromatic nitrogens is 6. The minimum atomic E-state index is -0.699. The molecule has 0 amide bonds. The van der Waals surface area contributed by atoms with E-state index in [9.17, 15) is 8.78 Å². The molecule has 184 valence electrons. The number of fused-ring (bicyclic) bond motifs is 1. The summed E-state index contributed by atoms with van der Waals surface area (Å²) in [5, 5.41) is 4.09. The van der Waals surface area contributed by atoms with Gasteiger partial charge < -0.3 is 9.64 Å². The molecule has 1 aliphatic heterocycles. The van der Waals surface area contributed by atoms with Crippen LogP contribution in [0, 0.1) is 18.6 Å². The lowest BCUT2D eigenvalue weighted by atomic mass is 10.1. The fraction of sp³-hybridized carbons (Fsp3) is 0.400.